The molecule has 0 aliphatic rings. The third kappa shape index (κ3) is 4.63. The third-order valence-corrected chi connectivity index (χ3v) is 3.02. The van der Waals surface area contributed by atoms with Crippen molar-refractivity contribution in [3.63, 3.8) is 0 Å². The van der Waals surface area contributed by atoms with Gasteiger partial charge in [-0.1, -0.05) is 6.07 Å². The van der Waals surface area contributed by atoms with Gasteiger partial charge >= 0.3 is 0 Å². The van der Waals surface area contributed by atoms with Crippen LogP contribution >= 0.6 is 15.9 Å². The topological polar surface area (TPSA) is 50.7 Å². The average Bonchev–Trinajstić information content (AvgIpc) is 2.34. The first-order valence-electron chi connectivity index (χ1n) is 5.36. The van der Waals surface area contributed by atoms with E-state index in [2.05, 4.69) is 21.2 Å². The Labute approximate surface area is 110 Å². The molecule has 0 bridgehead atoms. The van der Waals surface area contributed by atoms with Gasteiger partial charge in [0.05, 0.1) is 30.8 Å². The Morgan fingerprint density at radius 2 is 2.18 bits per heavy atom. The van der Waals surface area contributed by atoms with Crippen LogP contribution in [0.25, 0.3) is 0 Å². The Hall–Kier alpha value is -0.620. The van der Waals surface area contributed by atoms with E-state index in [-0.39, 0.29) is 12.6 Å². The fourth-order valence-electron chi connectivity index (χ4n) is 1.46. The molecule has 96 valence electrons. The fraction of sp³-hybridized carbons (Fsp3) is 0.500. The van der Waals surface area contributed by atoms with Gasteiger partial charge in [-0.2, -0.15) is 0 Å². The monoisotopic (exact) mass is 303 g/mol. The lowest BCUT2D eigenvalue weighted by Gasteiger charge is -2.15. The summed E-state index contributed by atoms with van der Waals surface area (Å²) in [7, 11) is 3.26. The van der Waals surface area contributed by atoms with Gasteiger partial charge in [-0.05, 0) is 33.6 Å². The zero-order chi connectivity index (χ0) is 12.7. The van der Waals surface area contributed by atoms with Crippen LogP contribution in [-0.4, -0.2) is 38.6 Å². The highest BCUT2D eigenvalue weighted by molar-refractivity contribution is 9.10. The molecule has 5 heteroatoms. The summed E-state index contributed by atoms with van der Waals surface area (Å²) in [5, 5.41) is 12.3. The minimum atomic E-state index is -0.0409. The van der Waals surface area contributed by atoms with Gasteiger partial charge in [0.1, 0.15) is 5.75 Å². The van der Waals surface area contributed by atoms with Crippen LogP contribution in [0.2, 0.25) is 0 Å². The highest BCUT2D eigenvalue weighted by Gasteiger charge is 2.07. The Bertz CT molecular complexity index is 347. The summed E-state index contributed by atoms with van der Waals surface area (Å²) in [6.45, 7) is 1.23. The lowest BCUT2D eigenvalue weighted by molar-refractivity contribution is 0.128. The second-order valence-electron chi connectivity index (χ2n) is 3.68. The molecule has 0 aliphatic heterocycles. The number of nitrogens with one attached hydrogen (secondary N) is 1. The maximum Gasteiger partial charge on any atom is 0.133 e. The molecule has 0 aliphatic carbocycles. The van der Waals surface area contributed by atoms with Crippen molar-refractivity contribution >= 4 is 15.9 Å². The predicted octanol–water partition coefficient (Wildman–Crippen LogP) is 1.55. The van der Waals surface area contributed by atoms with Gasteiger partial charge in [0.15, 0.2) is 0 Å². The lowest BCUT2D eigenvalue weighted by Crippen LogP contribution is -2.35. The Morgan fingerprint density at radius 3 is 2.71 bits per heavy atom. The third-order valence-electron chi connectivity index (χ3n) is 2.40. The molecule has 0 aromatic heterocycles. The zero-order valence-corrected chi connectivity index (χ0v) is 11.7. The van der Waals surface area contributed by atoms with Crippen LogP contribution in [-0.2, 0) is 11.3 Å². The summed E-state index contributed by atoms with van der Waals surface area (Å²) < 4.78 is 11.1. The number of ether oxygens (including phenoxy) is 2. The van der Waals surface area contributed by atoms with Crippen LogP contribution in [0.5, 0.6) is 5.75 Å². The number of halogens is 1. The van der Waals surface area contributed by atoms with Crippen molar-refractivity contribution in [2.24, 2.45) is 0 Å². The van der Waals surface area contributed by atoms with E-state index in [1.807, 2.05) is 18.2 Å². The fourth-order valence-corrected chi connectivity index (χ4v) is 2.05. The minimum absolute atomic E-state index is 0.0409. The summed E-state index contributed by atoms with van der Waals surface area (Å²) in [5.74, 6) is 0.810. The number of aliphatic hydroxyl groups is 1. The normalized spacial score (nSPS) is 12.5. The molecule has 1 atom stereocenters. The molecule has 0 saturated heterocycles. The Morgan fingerprint density at radius 1 is 1.41 bits per heavy atom. The number of benzene rings is 1. The highest BCUT2D eigenvalue weighted by atomic mass is 79.9. The van der Waals surface area contributed by atoms with Crippen molar-refractivity contribution in [3.05, 3.63) is 28.2 Å². The van der Waals surface area contributed by atoms with Crippen LogP contribution in [0.3, 0.4) is 0 Å². The van der Waals surface area contributed by atoms with Crippen LogP contribution < -0.4 is 10.1 Å². The summed E-state index contributed by atoms with van der Waals surface area (Å²) >= 11 is 3.44. The van der Waals surface area contributed by atoms with Gasteiger partial charge in [0, 0.05) is 13.7 Å². The first-order chi connectivity index (χ1) is 8.21. The van der Waals surface area contributed by atoms with Crippen LogP contribution in [0.4, 0.5) is 0 Å². The molecule has 0 saturated carbocycles. The SMILES string of the molecule is COCC(CO)NCc1ccc(OC)c(Br)c1. The Kier molecular flexibility index (Phi) is 6.50. The van der Waals surface area contributed by atoms with E-state index >= 15 is 0 Å². The maximum atomic E-state index is 9.10. The van der Waals surface area contributed by atoms with Gasteiger partial charge in [0.2, 0.25) is 0 Å². The molecule has 1 aromatic carbocycles. The first-order valence-corrected chi connectivity index (χ1v) is 6.16. The van der Waals surface area contributed by atoms with Gasteiger partial charge in [0.25, 0.3) is 0 Å². The molecule has 0 radical (unpaired) electrons. The van der Waals surface area contributed by atoms with E-state index in [0.29, 0.717) is 13.2 Å². The molecule has 17 heavy (non-hydrogen) atoms. The largest absolute Gasteiger partial charge is 0.496 e. The molecule has 0 fully saturated rings. The van der Waals surface area contributed by atoms with E-state index in [9.17, 15) is 0 Å². The van der Waals surface area contributed by atoms with E-state index in [4.69, 9.17) is 14.6 Å². The number of aliphatic hydroxyl groups excluding tert-OH is 1. The zero-order valence-electron chi connectivity index (χ0n) is 10.1. The second-order valence-corrected chi connectivity index (χ2v) is 4.54. The number of methoxy groups -OCH3 is 2. The average molecular weight is 304 g/mol. The van der Waals surface area contributed by atoms with Crippen LogP contribution in [0, 0.1) is 0 Å². The van der Waals surface area contributed by atoms with Crippen LogP contribution in [0.15, 0.2) is 22.7 Å². The molecule has 1 rings (SSSR count). The van der Waals surface area contributed by atoms with Crippen molar-refractivity contribution < 1.29 is 14.6 Å². The maximum absolute atomic E-state index is 9.10. The molecule has 0 heterocycles. The second kappa shape index (κ2) is 7.66. The van der Waals surface area contributed by atoms with Crippen molar-refractivity contribution in [2.75, 3.05) is 27.4 Å². The predicted molar refractivity (Wildman–Crippen MR) is 70.3 cm³/mol. The molecule has 1 aromatic rings. The van der Waals surface area contributed by atoms with Crippen molar-refractivity contribution in [1.82, 2.24) is 5.32 Å². The van der Waals surface area contributed by atoms with E-state index in [1.54, 1.807) is 14.2 Å². The molecular weight excluding hydrogens is 286 g/mol. The first kappa shape index (κ1) is 14.4. The standard InChI is InChI=1S/C12H18BrNO3/c1-16-8-10(7-15)14-6-9-3-4-12(17-2)11(13)5-9/h3-5,10,14-15H,6-8H2,1-2H3. The van der Waals surface area contributed by atoms with Crippen molar-refractivity contribution in [3.8, 4) is 5.75 Å². The summed E-state index contributed by atoms with van der Waals surface area (Å²) in [6.07, 6.45) is 0. The smallest absolute Gasteiger partial charge is 0.133 e. The van der Waals surface area contributed by atoms with Gasteiger partial charge < -0.3 is 19.9 Å². The number of rotatable bonds is 7. The van der Waals surface area contributed by atoms with Gasteiger partial charge in [-0.15, -0.1) is 0 Å². The molecule has 2 N–H and O–H groups in total. The molecular formula is C12H18BrNO3. The van der Waals surface area contributed by atoms with Crippen molar-refractivity contribution in [2.45, 2.75) is 12.6 Å². The van der Waals surface area contributed by atoms with Crippen molar-refractivity contribution in [1.29, 1.82) is 0 Å². The highest BCUT2D eigenvalue weighted by Crippen LogP contribution is 2.25. The Balaban J connectivity index is 2.54. The van der Waals surface area contributed by atoms with E-state index in [1.165, 1.54) is 0 Å². The molecule has 1 unspecified atom stereocenters. The van der Waals surface area contributed by atoms with E-state index < -0.39 is 0 Å². The van der Waals surface area contributed by atoms with Gasteiger partial charge in [-0.3, -0.25) is 0 Å². The minimum Gasteiger partial charge on any atom is -0.496 e. The molecule has 4 nitrogen and oxygen atoms in total. The lowest BCUT2D eigenvalue weighted by atomic mass is 10.2. The van der Waals surface area contributed by atoms with E-state index in [0.717, 1.165) is 15.8 Å². The van der Waals surface area contributed by atoms with Gasteiger partial charge in [-0.25, -0.2) is 0 Å². The molecule has 0 amide bonds. The van der Waals surface area contributed by atoms with Crippen LogP contribution in [0.1, 0.15) is 5.56 Å². The summed E-state index contributed by atoms with van der Waals surface area (Å²) in [6, 6.07) is 5.84. The molecule has 0 spiro atoms. The number of hydrogen-bond donors (Lipinski definition) is 2. The summed E-state index contributed by atoms with van der Waals surface area (Å²) in [4.78, 5) is 0. The summed E-state index contributed by atoms with van der Waals surface area (Å²) in [5.41, 5.74) is 1.12. The number of hydrogen-bond acceptors (Lipinski definition) is 4. The quantitative estimate of drug-likeness (QED) is 0.802.